The van der Waals surface area contributed by atoms with Crippen LogP contribution in [-0.2, 0) is 0 Å². The number of nitrogens with one attached hydrogen (secondary N) is 1. The summed E-state index contributed by atoms with van der Waals surface area (Å²) in [5.41, 5.74) is 7.33. The molecule has 0 radical (unpaired) electrons. The van der Waals surface area contributed by atoms with E-state index in [-0.39, 0.29) is 16.7 Å². The molecule has 1 aromatic carbocycles. The van der Waals surface area contributed by atoms with Crippen molar-refractivity contribution in [3.63, 3.8) is 0 Å². The van der Waals surface area contributed by atoms with Gasteiger partial charge in [-0.3, -0.25) is 4.79 Å². The van der Waals surface area contributed by atoms with E-state index in [9.17, 15) is 4.79 Å². The van der Waals surface area contributed by atoms with Crippen LogP contribution in [0.1, 0.15) is 10.5 Å². The molecule has 1 fully saturated rings. The van der Waals surface area contributed by atoms with E-state index in [1.807, 2.05) is 24.3 Å². The van der Waals surface area contributed by atoms with E-state index in [1.165, 1.54) is 11.9 Å². The second kappa shape index (κ2) is 7.02. The molecule has 2 heterocycles. The number of primary amides is 1. The number of likely N-dealkylation sites (N-methyl/N-ethyl adjacent to an activating group) is 1. The number of carbonyl (C=O) groups is 1. The van der Waals surface area contributed by atoms with Gasteiger partial charge in [0.25, 0.3) is 5.91 Å². The zero-order valence-electron chi connectivity index (χ0n) is 13.4. The molecule has 1 aliphatic rings. The molecule has 2 aromatic rings. The molecular formula is C16H19ClN6O. The SMILES string of the molecule is CN1CCN(c2ccc(Nc3nc(Cl)cnc3C(N)=O)cc2)CC1. The molecule has 0 aliphatic carbocycles. The molecule has 0 unspecified atom stereocenters. The lowest BCUT2D eigenvalue weighted by Crippen LogP contribution is -2.44. The summed E-state index contributed by atoms with van der Waals surface area (Å²) in [6, 6.07) is 7.94. The number of aromatic nitrogens is 2. The number of carbonyl (C=O) groups excluding carboxylic acids is 1. The largest absolute Gasteiger partial charge is 0.369 e. The Morgan fingerprint density at radius 2 is 1.88 bits per heavy atom. The van der Waals surface area contributed by atoms with Crippen molar-refractivity contribution in [3.05, 3.63) is 41.3 Å². The number of benzene rings is 1. The van der Waals surface area contributed by atoms with E-state index >= 15 is 0 Å². The Morgan fingerprint density at radius 3 is 2.50 bits per heavy atom. The fourth-order valence-electron chi connectivity index (χ4n) is 2.59. The van der Waals surface area contributed by atoms with Crippen LogP contribution in [0.3, 0.4) is 0 Å². The van der Waals surface area contributed by atoms with Gasteiger partial charge in [0.1, 0.15) is 5.15 Å². The smallest absolute Gasteiger partial charge is 0.271 e. The number of piperazine rings is 1. The van der Waals surface area contributed by atoms with Crippen LogP contribution in [0.4, 0.5) is 17.2 Å². The average molecular weight is 347 g/mol. The lowest BCUT2D eigenvalue weighted by Gasteiger charge is -2.34. The summed E-state index contributed by atoms with van der Waals surface area (Å²) in [5, 5.41) is 3.24. The van der Waals surface area contributed by atoms with Gasteiger partial charge in [0.05, 0.1) is 6.20 Å². The van der Waals surface area contributed by atoms with Crippen LogP contribution in [0.15, 0.2) is 30.5 Å². The molecule has 1 amide bonds. The van der Waals surface area contributed by atoms with Crippen molar-refractivity contribution >= 4 is 34.7 Å². The Kier molecular flexibility index (Phi) is 4.82. The number of rotatable bonds is 4. The first-order valence-corrected chi connectivity index (χ1v) is 8.03. The van der Waals surface area contributed by atoms with Gasteiger partial charge in [-0.05, 0) is 31.3 Å². The van der Waals surface area contributed by atoms with Crippen LogP contribution < -0.4 is 16.0 Å². The Morgan fingerprint density at radius 1 is 1.21 bits per heavy atom. The van der Waals surface area contributed by atoms with Crippen molar-refractivity contribution in [1.29, 1.82) is 0 Å². The highest BCUT2D eigenvalue weighted by Crippen LogP contribution is 2.23. The van der Waals surface area contributed by atoms with Gasteiger partial charge in [0.15, 0.2) is 11.5 Å². The minimum atomic E-state index is -0.657. The third-order valence-corrected chi connectivity index (χ3v) is 4.16. The number of amides is 1. The zero-order chi connectivity index (χ0) is 17.1. The molecule has 7 nitrogen and oxygen atoms in total. The third kappa shape index (κ3) is 3.74. The maximum absolute atomic E-state index is 11.4. The second-order valence-electron chi connectivity index (χ2n) is 5.72. The lowest BCUT2D eigenvalue weighted by molar-refractivity contribution is 0.0996. The summed E-state index contributed by atoms with van der Waals surface area (Å²) in [7, 11) is 2.13. The van der Waals surface area contributed by atoms with Crippen molar-refractivity contribution in [3.8, 4) is 0 Å². The molecule has 8 heteroatoms. The predicted octanol–water partition coefficient (Wildman–Crippen LogP) is 1.72. The number of halogens is 1. The van der Waals surface area contributed by atoms with Gasteiger partial charge in [-0.15, -0.1) is 0 Å². The van der Waals surface area contributed by atoms with Gasteiger partial charge in [0, 0.05) is 37.6 Å². The molecule has 1 saturated heterocycles. The molecule has 3 N–H and O–H groups in total. The topological polar surface area (TPSA) is 87.4 Å². The summed E-state index contributed by atoms with van der Waals surface area (Å²) >= 11 is 5.85. The van der Waals surface area contributed by atoms with Gasteiger partial charge in [0.2, 0.25) is 0 Å². The first kappa shape index (κ1) is 16.5. The van der Waals surface area contributed by atoms with Crippen LogP contribution in [-0.4, -0.2) is 54.0 Å². The minimum absolute atomic E-state index is 0.0579. The van der Waals surface area contributed by atoms with E-state index in [0.29, 0.717) is 0 Å². The lowest BCUT2D eigenvalue weighted by atomic mass is 10.2. The summed E-state index contributed by atoms with van der Waals surface area (Å²) < 4.78 is 0. The number of nitrogens with zero attached hydrogens (tertiary/aromatic N) is 4. The first-order chi connectivity index (χ1) is 11.5. The minimum Gasteiger partial charge on any atom is -0.369 e. The van der Waals surface area contributed by atoms with Gasteiger partial charge >= 0.3 is 0 Å². The highest BCUT2D eigenvalue weighted by molar-refractivity contribution is 6.29. The zero-order valence-corrected chi connectivity index (χ0v) is 14.1. The monoisotopic (exact) mass is 346 g/mol. The predicted molar refractivity (Wildman–Crippen MR) is 95.0 cm³/mol. The molecule has 0 saturated carbocycles. The van der Waals surface area contributed by atoms with Crippen LogP contribution in [0, 0.1) is 0 Å². The second-order valence-corrected chi connectivity index (χ2v) is 6.10. The number of hydrogen-bond donors (Lipinski definition) is 2. The van der Waals surface area contributed by atoms with E-state index in [4.69, 9.17) is 17.3 Å². The molecule has 126 valence electrons. The Labute approximate surface area is 145 Å². The molecule has 0 atom stereocenters. The molecule has 24 heavy (non-hydrogen) atoms. The number of anilines is 3. The fraction of sp³-hybridized carbons (Fsp3) is 0.312. The van der Waals surface area contributed by atoms with Crippen molar-refractivity contribution in [2.24, 2.45) is 5.73 Å². The summed E-state index contributed by atoms with van der Waals surface area (Å²) in [4.78, 5) is 24.1. The quantitative estimate of drug-likeness (QED) is 0.876. The third-order valence-electron chi connectivity index (χ3n) is 3.97. The molecule has 0 bridgehead atoms. The Bertz CT molecular complexity index is 728. The van der Waals surface area contributed by atoms with E-state index in [2.05, 4.69) is 32.1 Å². The van der Waals surface area contributed by atoms with E-state index in [0.717, 1.165) is 31.9 Å². The fourth-order valence-corrected chi connectivity index (χ4v) is 2.73. The number of nitrogens with two attached hydrogens (primary N) is 1. The van der Waals surface area contributed by atoms with Crippen LogP contribution in [0.2, 0.25) is 5.15 Å². The van der Waals surface area contributed by atoms with Gasteiger partial charge in [-0.25, -0.2) is 9.97 Å². The van der Waals surface area contributed by atoms with E-state index < -0.39 is 5.91 Å². The Balaban J connectivity index is 1.75. The highest BCUT2D eigenvalue weighted by atomic mass is 35.5. The van der Waals surface area contributed by atoms with Crippen molar-refractivity contribution in [2.75, 3.05) is 43.4 Å². The maximum atomic E-state index is 11.4. The van der Waals surface area contributed by atoms with Gasteiger partial charge in [-0.1, -0.05) is 11.6 Å². The molecule has 0 spiro atoms. The number of hydrogen-bond acceptors (Lipinski definition) is 6. The van der Waals surface area contributed by atoms with Crippen LogP contribution in [0.25, 0.3) is 0 Å². The van der Waals surface area contributed by atoms with Gasteiger partial charge < -0.3 is 20.9 Å². The van der Waals surface area contributed by atoms with Crippen molar-refractivity contribution < 1.29 is 4.79 Å². The molecule has 3 rings (SSSR count). The normalized spacial score (nSPS) is 15.3. The standard InChI is InChI=1S/C16H19ClN6O/c1-22-6-8-23(9-7-22)12-4-2-11(3-5-12)20-16-14(15(18)24)19-10-13(17)21-16/h2-5,10H,6-9H2,1H3,(H2,18,24)(H,20,21). The maximum Gasteiger partial charge on any atom is 0.271 e. The Hall–Kier alpha value is -2.38. The molecule has 1 aromatic heterocycles. The summed E-state index contributed by atoms with van der Waals surface area (Å²) in [5.74, 6) is -0.405. The average Bonchev–Trinajstić information content (AvgIpc) is 2.56. The van der Waals surface area contributed by atoms with Crippen LogP contribution in [0.5, 0.6) is 0 Å². The van der Waals surface area contributed by atoms with Crippen molar-refractivity contribution in [1.82, 2.24) is 14.9 Å². The first-order valence-electron chi connectivity index (χ1n) is 7.66. The van der Waals surface area contributed by atoms with E-state index in [1.54, 1.807) is 0 Å². The molecule has 1 aliphatic heterocycles. The van der Waals surface area contributed by atoms with Crippen molar-refractivity contribution in [2.45, 2.75) is 0 Å². The molecular weight excluding hydrogens is 328 g/mol. The highest BCUT2D eigenvalue weighted by Gasteiger charge is 2.15. The summed E-state index contributed by atoms with van der Waals surface area (Å²) in [6.45, 7) is 4.13. The van der Waals surface area contributed by atoms with Crippen LogP contribution >= 0.6 is 11.6 Å². The summed E-state index contributed by atoms with van der Waals surface area (Å²) in [6.07, 6.45) is 1.29. The van der Waals surface area contributed by atoms with Gasteiger partial charge in [-0.2, -0.15) is 0 Å².